The third kappa shape index (κ3) is 2.90. The van der Waals surface area contributed by atoms with E-state index in [0.29, 0.717) is 25.5 Å². The molecule has 0 spiro atoms. The molecule has 1 N–H and O–H groups in total. The van der Waals surface area contributed by atoms with Gasteiger partial charge in [0.25, 0.3) is 0 Å². The Bertz CT molecular complexity index is 383. The standard InChI is InChI=1S/C13H23N3O2/c1-4-5-6-11-14-12(18-15-11)7-16-8-13(17,9-16)10(2)3/h10,17H,4-9H2,1-3H3. The highest BCUT2D eigenvalue weighted by molar-refractivity contribution is 4.99. The molecule has 1 aromatic heterocycles. The highest BCUT2D eigenvalue weighted by Gasteiger charge is 2.43. The molecule has 18 heavy (non-hydrogen) atoms. The van der Waals surface area contributed by atoms with E-state index in [1.54, 1.807) is 0 Å². The lowest BCUT2D eigenvalue weighted by Gasteiger charge is -2.48. The summed E-state index contributed by atoms with van der Waals surface area (Å²) in [5, 5.41) is 14.1. The van der Waals surface area contributed by atoms with Gasteiger partial charge >= 0.3 is 0 Å². The number of aliphatic hydroxyl groups is 1. The number of likely N-dealkylation sites (tertiary alicyclic amines) is 1. The molecule has 5 heteroatoms. The summed E-state index contributed by atoms with van der Waals surface area (Å²) in [7, 11) is 0. The van der Waals surface area contributed by atoms with Crippen molar-refractivity contribution in [2.75, 3.05) is 13.1 Å². The zero-order valence-corrected chi connectivity index (χ0v) is 11.5. The van der Waals surface area contributed by atoms with E-state index in [4.69, 9.17) is 4.52 Å². The monoisotopic (exact) mass is 253 g/mol. The highest BCUT2D eigenvalue weighted by Crippen LogP contribution is 2.29. The van der Waals surface area contributed by atoms with Crippen molar-refractivity contribution >= 4 is 0 Å². The Balaban J connectivity index is 1.80. The van der Waals surface area contributed by atoms with Crippen LogP contribution in [-0.2, 0) is 13.0 Å². The number of hydrogen-bond donors (Lipinski definition) is 1. The topological polar surface area (TPSA) is 62.4 Å². The van der Waals surface area contributed by atoms with Crippen LogP contribution in [0.3, 0.4) is 0 Å². The van der Waals surface area contributed by atoms with Crippen LogP contribution < -0.4 is 0 Å². The first-order valence-electron chi connectivity index (χ1n) is 6.79. The Morgan fingerprint density at radius 1 is 1.44 bits per heavy atom. The molecule has 2 heterocycles. The predicted molar refractivity (Wildman–Crippen MR) is 68.0 cm³/mol. The van der Waals surface area contributed by atoms with Crippen molar-refractivity contribution < 1.29 is 9.63 Å². The van der Waals surface area contributed by atoms with Gasteiger partial charge in [0.2, 0.25) is 5.89 Å². The van der Waals surface area contributed by atoms with Crippen LogP contribution in [0.1, 0.15) is 45.3 Å². The molecular weight excluding hydrogens is 230 g/mol. The number of rotatable bonds is 6. The molecule has 0 amide bonds. The van der Waals surface area contributed by atoms with Crippen LogP contribution in [0, 0.1) is 5.92 Å². The van der Waals surface area contributed by atoms with Crippen molar-refractivity contribution in [3.8, 4) is 0 Å². The number of aromatic nitrogens is 2. The average Bonchev–Trinajstić information content (AvgIpc) is 2.71. The molecule has 0 bridgehead atoms. The minimum Gasteiger partial charge on any atom is -0.387 e. The van der Waals surface area contributed by atoms with Crippen LogP contribution in [0.5, 0.6) is 0 Å². The van der Waals surface area contributed by atoms with Crippen molar-refractivity contribution in [2.24, 2.45) is 5.92 Å². The third-order valence-corrected chi connectivity index (χ3v) is 3.69. The smallest absolute Gasteiger partial charge is 0.240 e. The molecule has 0 radical (unpaired) electrons. The Kier molecular flexibility index (Phi) is 4.02. The van der Waals surface area contributed by atoms with E-state index in [1.165, 1.54) is 0 Å². The van der Waals surface area contributed by atoms with Crippen molar-refractivity contribution in [1.29, 1.82) is 0 Å². The van der Waals surface area contributed by atoms with Gasteiger partial charge in [0.15, 0.2) is 5.82 Å². The maximum atomic E-state index is 10.1. The van der Waals surface area contributed by atoms with Gasteiger partial charge in [0.1, 0.15) is 0 Å². The molecular formula is C13H23N3O2. The third-order valence-electron chi connectivity index (χ3n) is 3.69. The fourth-order valence-electron chi connectivity index (χ4n) is 2.19. The van der Waals surface area contributed by atoms with Gasteiger partial charge in [-0.25, -0.2) is 0 Å². The number of β-amino-alcohol motifs (C(OH)–C–C–N with tert-alkyl or cyclic N) is 1. The number of hydrogen-bond acceptors (Lipinski definition) is 5. The van der Waals surface area contributed by atoms with Crippen LogP contribution in [-0.4, -0.2) is 38.8 Å². The Labute approximate surface area is 108 Å². The number of unbranched alkanes of at least 4 members (excludes halogenated alkanes) is 1. The quantitative estimate of drug-likeness (QED) is 0.834. The van der Waals surface area contributed by atoms with Crippen LogP contribution >= 0.6 is 0 Å². The van der Waals surface area contributed by atoms with E-state index in [2.05, 4.69) is 22.0 Å². The minimum atomic E-state index is -0.537. The van der Waals surface area contributed by atoms with Gasteiger partial charge in [-0.2, -0.15) is 4.98 Å². The number of aryl methyl sites for hydroxylation is 1. The molecule has 0 saturated carbocycles. The first-order valence-corrected chi connectivity index (χ1v) is 6.79. The highest BCUT2D eigenvalue weighted by atomic mass is 16.5. The molecule has 1 fully saturated rings. The zero-order valence-electron chi connectivity index (χ0n) is 11.5. The number of nitrogens with zero attached hydrogens (tertiary/aromatic N) is 3. The maximum absolute atomic E-state index is 10.1. The summed E-state index contributed by atoms with van der Waals surface area (Å²) in [5.41, 5.74) is -0.537. The SMILES string of the molecule is CCCCc1noc(CN2CC(O)(C(C)C)C2)n1. The molecule has 1 saturated heterocycles. The minimum absolute atomic E-state index is 0.288. The second kappa shape index (κ2) is 5.36. The van der Waals surface area contributed by atoms with Gasteiger partial charge in [0.05, 0.1) is 12.1 Å². The summed E-state index contributed by atoms with van der Waals surface area (Å²) in [6, 6.07) is 0. The Morgan fingerprint density at radius 3 is 2.78 bits per heavy atom. The summed E-state index contributed by atoms with van der Waals surface area (Å²) in [5.74, 6) is 1.75. The van der Waals surface area contributed by atoms with E-state index in [-0.39, 0.29) is 5.92 Å². The van der Waals surface area contributed by atoms with Crippen LogP contribution in [0.15, 0.2) is 4.52 Å². The first kappa shape index (κ1) is 13.5. The normalized spacial score (nSPS) is 19.2. The zero-order chi connectivity index (χ0) is 13.2. The Hall–Kier alpha value is -0.940. The molecule has 0 unspecified atom stereocenters. The van der Waals surface area contributed by atoms with E-state index >= 15 is 0 Å². The first-order chi connectivity index (χ1) is 8.53. The molecule has 2 rings (SSSR count). The fourth-order valence-corrected chi connectivity index (χ4v) is 2.19. The summed E-state index contributed by atoms with van der Waals surface area (Å²) in [4.78, 5) is 6.50. The van der Waals surface area contributed by atoms with Gasteiger partial charge in [-0.05, 0) is 12.3 Å². The largest absolute Gasteiger partial charge is 0.387 e. The summed E-state index contributed by atoms with van der Waals surface area (Å²) in [6.07, 6.45) is 3.11. The van der Waals surface area contributed by atoms with Gasteiger partial charge in [-0.3, -0.25) is 4.90 Å². The molecule has 5 nitrogen and oxygen atoms in total. The van der Waals surface area contributed by atoms with Gasteiger partial charge in [0, 0.05) is 19.5 Å². The maximum Gasteiger partial charge on any atom is 0.240 e. The lowest BCUT2D eigenvalue weighted by molar-refractivity contribution is -0.133. The molecule has 102 valence electrons. The van der Waals surface area contributed by atoms with Gasteiger partial charge in [-0.1, -0.05) is 32.3 Å². The van der Waals surface area contributed by atoms with Crippen LogP contribution in [0.2, 0.25) is 0 Å². The van der Waals surface area contributed by atoms with Crippen molar-refractivity contribution in [3.63, 3.8) is 0 Å². The molecule has 0 atom stereocenters. The summed E-state index contributed by atoms with van der Waals surface area (Å²) < 4.78 is 5.21. The van der Waals surface area contributed by atoms with Crippen molar-refractivity contribution in [3.05, 3.63) is 11.7 Å². The van der Waals surface area contributed by atoms with E-state index in [1.807, 2.05) is 13.8 Å². The molecule has 0 aliphatic carbocycles. The summed E-state index contributed by atoms with van der Waals surface area (Å²) in [6.45, 7) is 8.27. The molecule has 1 aliphatic heterocycles. The van der Waals surface area contributed by atoms with Gasteiger partial charge in [-0.15, -0.1) is 0 Å². The summed E-state index contributed by atoms with van der Waals surface area (Å²) >= 11 is 0. The second-order valence-corrected chi connectivity index (χ2v) is 5.61. The van der Waals surface area contributed by atoms with E-state index in [9.17, 15) is 5.11 Å². The lowest BCUT2D eigenvalue weighted by atomic mass is 9.83. The molecule has 0 aromatic carbocycles. The molecule has 1 aromatic rings. The molecule has 1 aliphatic rings. The fraction of sp³-hybridized carbons (Fsp3) is 0.846. The van der Waals surface area contributed by atoms with Gasteiger partial charge < -0.3 is 9.63 Å². The van der Waals surface area contributed by atoms with Crippen LogP contribution in [0.25, 0.3) is 0 Å². The van der Waals surface area contributed by atoms with Crippen LogP contribution in [0.4, 0.5) is 0 Å². The van der Waals surface area contributed by atoms with E-state index < -0.39 is 5.60 Å². The Morgan fingerprint density at radius 2 is 2.17 bits per heavy atom. The van der Waals surface area contributed by atoms with E-state index in [0.717, 1.165) is 25.1 Å². The van der Waals surface area contributed by atoms with Crippen molar-refractivity contribution in [2.45, 2.75) is 52.2 Å². The lowest BCUT2D eigenvalue weighted by Crippen LogP contribution is -2.63. The average molecular weight is 253 g/mol. The predicted octanol–water partition coefficient (Wildman–Crippen LogP) is 1.61. The van der Waals surface area contributed by atoms with Crippen molar-refractivity contribution in [1.82, 2.24) is 15.0 Å². The second-order valence-electron chi connectivity index (χ2n) is 5.61.